The van der Waals surface area contributed by atoms with E-state index in [1.165, 1.54) is 38.1 Å². The molecule has 0 unspecified atom stereocenters. The number of carbonyl (C=O) groups excluding carboxylic acids is 1. The van der Waals surface area contributed by atoms with Crippen LogP contribution >= 0.6 is 0 Å². The third-order valence-corrected chi connectivity index (χ3v) is 5.25. The van der Waals surface area contributed by atoms with Crippen LogP contribution in [0.4, 0.5) is 4.79 Å². The third kappa shape index (κ3) is 5.32. The number of urea groups is 1. The molecule has 0 aliphatic heterocycles. The lowest BCUT2D eigenvalue weighted by Gasteiger charge is -2.29. The van der Waals surface area contributed by atoms with Crippen molar-refractivity contribution in [1.82, 2.24) is 20.6 Å². The second-order valence-electron chi connectivity index (χ2n) is 7.22. The predicted octanol–water partition coefficient (Wildman–Crippen LogP) is 3.06. The van der Waals surface area contributed by atoms with Crippen molar-refractivity contribution in [3.8, 4) is 11.9 Å². The smallest absolute Gasteiger partial charge is 0.315 e. The Bertz CT molecular complexity index is 629. The lowest BCUT2D eigenvalue weighted by Crippen LogP contribution is -2.47. The standard InChI is InChI=1S/C19H27N5O2/c20-13-17-18(22-12-11-21-17)26-16-9-7-15(8-10-16)24-19(25)23-14-5-3-1-2-4-6-14/h11-12,14-16H,1-10H2,(H2,23,24,25). The molecule has 0 spiro atoms. The fourth-order valence-electron chi connectivity index (χ4n) is 3.81. The summed E-state index contributed by atoms with van der Waals surface area (Å²) >= 11 is 0. The van der Waals surface area contributed by atoms with Crippen molar-refractivity contribution in [2.45, 2.75) is 82.4 Å². The van der Waals surface area contributed by atoms with Crippen LogP contribution in [-0.4, -0.2) is 34.2 Å². The topological polar surface area (TPSA) is 99.9 Å². The number of nitrogens with one attached hydrogen (secondary N) is 2. The lowest BCUT2D eigenvalue weighted by atomic mass is 9.93. The van der Waals surface area contributed by atoms with Gasteiger partial charge in [-0.3, -0.25) is 0 Å². The summed E-state index contributed by atoms with van der Waals surface area (Å²) in [5, 5.41) is 15.3. The van der Waals surface area contributed by atoms with Crippen LogP contribution in [0.3, 0.4) is 0 Å². The Morgan fingerprint density at radius 1 is 0.962 bits per heavy atom. The summed E-state index contributed by atoms with van der Waals surface area (Å²) < 4.78 is 5.84. The average Bonchev–Trinajstić information content (AvgIpc) is 2.92. The van der Waals surface area contributed by atoms with Crippen LogP contribution in [0.1, 0.15) is 69.9 Å². The van der Waals surface area contributed by atoms with Crippen molar-refractivity contribution < 1.29 is 9.53 Å². The number of nitriles is 1. The summed E-state index contributed by atoms with van der Waals surface area (Å²) in [4.78, 5) is 20.3. The van der Waals surface area contributed by atoms with Crippen LogP contribution in [0, 0.1) is 11.3 Å². The number of aromatic nitrogens is 2. The van der Waals surface area contributed by atoms with Crippen LogP contribution < -0.4 is 15.4 Å². The zero-order valence-electron chi connectivity index (χ0n) is 15.1. The van der Waals surface area contributed by atoms with Gasteiger partial charge in [0.2, 0.25) is 5.69 Å². The molecule has 1 aromatic heterocycles. The third-order valence-electron chi connectivity index (χ3n) is 5.25. The second-order valence-corrected chi connectivity index (χ2v) is 7.22. The number of carbonyl (C=O) groups is 1. The van der Waals surface area contributed by atoms with Crippen molar-refractivity contribution in [3.05, 3.63) is 18.1 Å². The molecule has 2 aliphatic rings. The molecule has 2 fully saturated rings. The molecule has 7 heteroatoms. The summed E-state index contributed by atoms with van der Waals surface area (Å²) in [5.41, 5.74) is 0.218. The summed E-state index contributed by atoms with van der Waals surface area (Å²) in [5.74, 6) is 0.303. The van der Waals surface area contributed by atoms with Crippen molar-refractivity contribution in [2.24, 2.45) is 0 Å². The summed E-state index contributed by atoms with van der Waals surface area (Å²) in [6.45, 7) is 0. The Balaban J connectivity index is 1.40. The van der Waals surface area contributed by atoms with E-state index in [4.69, 9.17) is 10.00 Å². The van der Waals surface area contributed by atoms with E-state index in [1.807, 2.05) is 6.07 Å². The highest BCUT2D eigenvalue weighted by molar-refractivity contribution is 5.74. The number of hydrogen-bond acceptors (Lipinski definition) is 5. The van der Waals surface area contributed by atoms with Gasteiger partial charge in [0.15, 0.2) is 0 Å². The Kier molecular flexibility index (Phi) is 6.64. The first kappa shape index (κ1) is 18.4. The monoisotopic (exact) mass is 357 g/mol. The molecule has 0 radical (unpaired) electrons. The van der Waals surface area contributed by atoms with Crippen molar-refractivity contribution in [3.63, 3.8) is 0 Å². The molecular formula is C19H27N5O2. The van der Waals surface area contributed by atoms with Crippen LogP contribution in [0.25, 0.3) is 0 Å². The Hall–Kier alpha value is -2.36. The molecule has 2 aliphatic carbocycles. The van der Waals surface area contributed by atoms with Crippen LogP contribution in [-0.2, 0) is 0 Å². The highest BCUT2D eigenvalue weighted by Gasteiger charge is 2.25. The fraction of sp³-hybridized carbons (Fsp3) is 0.684. The van der Waals surface area contributed by atoms with Gasteiger partial charge in [-0.2, -0.15) is 5.26 Å². The molecule has 3 rings (SSSR count). The minimum absolute atomic E-state index is 0.0155. The van der Waals surface area contributed by atoms with E-state index in [1.54, 1.807) is 0 Å². The van der Waals surface area contributed by atoms with Gasteiger partial charge in [-0.1, -0.05) is 25.7 Å². The maximum atomic E-state index is 12.2. The molecule has 2 amide bonds. The fourth-order valence-corrected chi connectivity index (χ4v) is 3.81. The average molecular weight is 357 g/mol. The van der Waals surface area contributed by atoms with Crippen molar-refractivity contribution >= 4 is 6.03 Å². The number of hydrogen-bond donors (Lipinski definition) is 2. The summed E-state index contributed by atoms with van der Waals surface area (Å²) in [7, 11) is 0. The van der Waals surface area contributed by atoms with E-state index in [-0.39, 0.29) is 23.9 Å². The van der Waals surface area contributed by atoms with Gasteiger partial charge in [0.1, 0.15) is 12.2 Å². The molecule has 1 aromatic rings. The van der Waals surface area contributed by atoms with Gasteiger partial charge < -0.3 is 15.4 Å². The second kappa shape index (κ2) is 9.37. The van der Waals surface area contributed by atoms with E-state index < -0.39 is 0 Å². The van der Waals surface area contributed by atoms with Crippen molar-refractivity contribution in [2.75, 3.05) is 0 Å². The minimum Gasteiger partial charge on any atom is -0.472 e. The number of nitrogens with zero attached hydrogens (tertiary/aromatic N) is 3. The number of rotatable bonds is 4. The van der Waals surface area contributed by atoms with E-state index in [0.717, 1.165) is 38.5 Å². The molecule has 26 heavy (non-hydrogen) atoms. The van der Waals surface area contributed by atoms with E-state index in [2.05, 4.69) is 20.6 Å². The molecule has 2 N–H and O–H groups in total. The van der Waals surface area contributed by atoms with Crippen LogP contribution in [0.5, 0.6) is 5.88 Å². The SMILES string of the molecule is N#Cc1nccnc1OC1CCC(NC(=O)NC2CCCCCC2)CC1. The molecule has 140 valence electrons. The quantitative estimate of drug-likeness (QED) is 0.807. The Morgan fingerprint density at radius 2 is 1.58 bits per heavy atom. The van der Waals surface area contributed by atoms with E-state index in [9.17, 15) is 4.79 Å². The van der Waals surface area contributed by atoms with Gasteiger partial charge in [-0.05, 0) is 38.5 Å². The molecule has 2 saturated carbocycles. The highest BCUT2D eigenvalue weighted by atomic mass is 16.5. The van der Waals surface area contributed by atoms with Crippen LogP contribution in [0.2, 0.25) is 0 Å². The first-order valence-corrected chi connectivity index (χ1v) is 9.69. The zero-order valence-corrected chi connectivity index (χ0v) is 15.1. The molecule has 0 saturated heterocycles. The van der Waals surface area contributed by atoms with E-state index >= 15 is 0 Å². The van der Waals surface area contributed by atoms with Gasteiger partial charge in [0.05, 0.1) is 0 Å². The number of ether oxygens (including phenoxy) is 1. The molecule has 0 aromatic carbocycles. The van der Waals surface area contributed by atoms with Crippen LogP contribution in [0.15, 0.2) is 12.4 Å². The molecule has 0 atom stereocenters. The first-order valence-electron chi connectivity index (χ1n) is 9.69. The van der Waals surface area contributed by atoms with Gasteiger partial charge >= 0.3 is 6.03 Å². The predicted molar refractivity (Wildman–Crippen MR) is 96.6 cm³/mol. The van der Waals surface area contributed by atoms with Gasteiger partial charge in [0, 0.05) is 24.5 Å². The van der Waals surface area contributed by atoms with Crippen molar-refractivity contribution in [1.29, 1.82) is 5.26 Å². The zero-order chi connectivity index (χ0) is 18.2. The van der Waals surface area contributed by atoms with Gasteiger partial charge in [0.25, 0.3) is 5.88 Å². The number of amides is 2. The Morgan fingerprint density at radius 3 is 2.23 bits per heavy atom. The lowest BCUT2D eigenvalue weighted by molar-refractivity contribution is 0.133. The molecule has 7 nitrogen and oxygen atoms in total. The maximum absolute atomic E-state index is 12.2. The minimum atomic E-state index is -0.0399. The first-order chi connectivity index (χ1) is 12.7. The van der Waals surface area contributed by atoms with Gasteiger partial charge in [-0.15, -0.1) is 0 Å². The summed E-state index contributed by atoms with van der Waals surface area (Å²) in [6.07, 6.45) is 13.6. The normalized spacial score (nSPS) is 24.1. The molecule has 0 bridgehead atoms. The molecule has 1 heterocycles. The summed E-state index contributed by atoms with van der Waals surface area (Å²) in [6, 6.07) is 2.46. The van der Waals surface area contributed by atoms with E-state index in [0.29, 0.717) is 11.9 Å². The highest BCUT2D eigenvalue weighted by Crippen LogP contribution is 2.24. The molecular weight excluding hydrogens is 330 g/mol. The Labute approximate surface area is 154 Å². The van der Waals surface area contributed by atoms with Gasteiger partial charge in [-0.25, -0.2) is 14.8 Å². The maximum Gasteiger partial charge on any atom is 0.315 e. The largest absolute Gasteiger partial charge is 0.472 e.